The van der Waals surface area contributed by atoms with Gasteiger partial charge in [-0.3, -0.25) is 4.79 Å². The van der Waals surface area contributed by atoms with Gasteiger partial charge in [-0.15, -0.1) is 0 Å². The Morgan fingerprint density at radius 3 is 2.85 bits per heavy atom. The maximum Gasteiger partial charge on any atom is 0.318 e. The molecule has 1 unspecified atom stereocenters. The molecular formula is C8H12N2O3. The van der Waals surface area contributed by atoms with Crippen LogP contribution in [0.15, 0.2) is 0 Å². The second-order valence-electron chi connectivity index (χ2n) is 3.58. The summed E-state index contributed by atoms with van der Waals surface area (Å²) in [6.45, 7) is 0.474. The van der Waals surface area contributed by atoms with Gasteiger partial charge in [0, 0.05) is 12.6 Å². The van der Waals surface area contributed by atoms with E-state index in [4.69, 9.17) is 5.11 Å². The van der Waals surface area contributed by atoms with Crippen LogP contribution in [-0.4, -0.2) is 40.6 Å². The van der Waals surface area contributed by atoms with Crippen LogP contribution in [0.1, 0.15) is 19.3 Å². The molecule has 5 nitrogen and oxygen atoms in total. The molecule has 2 aliphatic rings. The molecule has 0 radical (unpaired) electrons. The van der Waals surface area contributed by atoms with Crippen LogP contribution < -0.4 is 5.32 Å². The van der Waals surface area contributed by atoms with Crippen molar-refractivity contribution in [2.45, 2.75) is 31.3 Å². The number of carbonyl (C=O) groups excluding carboxylic acids is 1. The molecule has 0 aromatic rings. The highest BCUT2D eigenvalue weighted by atomic mass is 16.4. The molecule has 1 atom stereocenters. The van der Waals surface area contributed by atoms with E-state index in [0.717, 1.165) is 12.8 Å². The van der Waals surface area contributed by atoms with Gasteiger partial charge in [-0.1, -0.05) is 0 Å². The molecule has 2 amide bonds. The fraction of sp³-hybridized carbons (Fsp3) is 0.750. The summed E-state index contributed by atoms with van der Waals surface area (Å²) in [6.07, 6.45) is 2.09. The van der Waals surface area contributed by atoms with Crippen molar-refractivity contribution in [3.05, 3.63) is 0 Å². The average molecular weight is 184 g/mol. The quantitative estimate of drug-likeness (QED) is 0.649. The highest BCUT2D eigenvalue weighted by Gasteiger charge is 2.41. The third kappa shape index (κ3) is 1.59. The van der Waals surface area contributed by atoms with Crippen LogP contribution in [0, 0.1) is 0 Å². The lowest BCUT2D eigenvalue weighted by atomic mass is 10.2. The first-order valence-electron chi connectivity index (χ1n) is 4.46. The fourth-order valence-electron chi connectivity index (χ4n) is 1.75. The van der Waals surface area contributed by atoms with Crippen molar-refractivity contribution in [2.75, 3.05) is 6.54 Å². The summed E-state index contributed by atoms with van der Waals surface area (Å²) in [5.41, 5.74) is 0. The minimum atomic E-state index is -0.841. The Hall–Kier alpha value is -1.26. The minimum Gasteiger partial charge on any atom is -0.481 e. The normalized spacial score (nSPS) is 27.5. The molecule has 1 aliphatic carbocycles. The first kappa shape index (κ1) is 8.34. The second-order valence-corrected chi connectivity index (χ2v) is 3.58. The highest BCUT2D eigenvalue weighted by molar-refractivity contribution is 5.79. The standard InChI is InChI=1S/C8H12N2O3/c11-7(12)3-6-4-9-8(13)10(6)5-1-2-5/h5-6H,1-4H2,(H,9,13)(H,11,12). The van der Waals surface area contributed by atoms with Gasteiger partial charge in [0.1, 0.15) is 0 Å². The van der Waals surface area contributed by atoms with Gasteiger partial charge in [-0.05, 0) is 12.8 Å². The maximum absolute atomic E-state index is 11.3. The largest absolute Gasteiger partial charge is 0.481 e. The second kappa shape index (κ2) is 2.90. The number of rotatable bonds is 3. The molecule has 13 heavy (non-hydrogen) atoms. The van der Waals surface area contributed by atoms with Gasteiger partial charge in [0.05, 0.1) is 12.5 Å². The van der Waals surface area contributed by atoms with Crippen molar-refractivity contribution in [3.8, 4) is 0 Å². The van der Waals surface area contributed by atoms with Gasteiger partial charge >= 0.3 is 12.0 Å². The zero-order valence-corrected chi connectivity index (χ0v) is 7.19. The van der Waals surface area contributed by atoms with E-state index in [-0.39, 0.29) is 18.5 Å². The van der Waals surface area contributed by atoms with Gasteiger partial charge in [0.2, 0.25) is 0 Å². The van der Waals surface area contributed by atoms with Crippen molar-refractivity contribution in [2.24, 2.45) is 0 Å². The molecule has 1 aliphatic heterocycles. The van der Waals surface area contributed by atoms with Crippen LogP contribution >= 0.6 is 0 Å². The monoisotopic (exact) mass is 184 g/mol. The van der Waals surface area contributed by atoms with Crippen molar-refractivity contribution >= 4 is 12.0 Å². The lowest BCUT2D eigenvalue weighted by Gasteiger charge is -2.20. The SMILES string of the molecule is O=C(O)CC1CNC(=O)N1C1CC1. The molecule has 2 N–H and O–H groups in total. The van der Waals surface area contributed by atoms with Crippen LogP contribution in [0.2, 0.25) is 0 Å². The third-order valence-corrected chi connectivity index (χ3v) is 2.47. The zero-order valence-electron chi connectivity index (χ0n) is 7.19. The lowest BCUT2D eigenvalue weighted by Crippen LogP contribution is -2.37. The summed E-state index contributed by atoms with van der Waals surface area (Å²) >= 11 is 0. The Labute approximate surface area is 75.7 Å². The van der Waals surface area contributed by atoms with Gasteiger partial charge < -0.3 is 15.3 Å². The van der Waals surface area contributed by atoms with E-state index in [1.165, 1.54) is 0 Å². The number of carboxylic acid groups (broad SMARTS) is 1. The molecule has 72 valence electrons. The summed E-state index contributed by atoms with van der Waals surface area (Å²) < 4.78 is 0. The summed E-state index contributed by atoms with van der Waals surface area (Å²) in [5, 5.41) is 11.3. The number of amides is 2. The van der Waals surface area contributed by atoms with Gasteiger partial charge in [-0.25, -0.2) is 4.79 Å². The van der Waals surface area contributed by atoms with E-state index in [0.29, 0.717) is 12.6 Å². The van der Waals surface area contributed by atoms with Crippen LogP contribution in [-0.2, 0) is 4.79 Å². The van der Waals surface area contributed by atoms with E-state index < -0.39 is 5.97 Å². The molecule has 1 heterocycles. The predicted octanol–water partition coefficient (Wildman–Crippen LogP) is 0.0173. The van der Waals surface area contributed by atoms with Crippen molar-refractivity contribution in [1.82, 2.24) is 10.2 Å². The van der Waals surface area contributed by atoms with Gasteiger partial charge in [0.25, 0.3) is 0 Å². The number of urea groups is 1. The molecule has 1 saturated heterocycles. The number of nitrogens with zero attached hydrogens (tertiary/aromatic N) is 1. The molecule has 1 saturated carbocycles. The fourth-order valence-corrected chi connectivity index (χ4v) is 1.75. The molecule has 2 fully saturated rings. The zero-order chi connectivity index (χ0) is 9.42. The molecule has 0 aromatic heterocycles. The highest BCUT2D eigenvalue weighted by Crippen LogP contribution is 2.31. The Morgan fingerprint density at radius 2 is 2.31 bits per heavy atom. The summed E-state index contributed by atoms with van der Waals surface area (Å²) in [6, 6.07) is 0.0538. The molecule has 0 spiro atoms. The van der Waals surface area contributed by atoms with E-state index in [1.54, 1.807) is 4.90 Å². The molecule has 0 bridgehead atoms. The van der Waals surface area contributed by atoms with Crippen molar-refractivity contribution < 1.29 is 14.7 Å². The van der Waals surface area contributed by atoms with Gasteiger partial charge in [-0.2, -0.15) is 0 Å². The van der Waals surface area contributed by atoms with Crippen LogP contribution in [0.5, 0.6) is 0 Å². The van der Waals surface area contributed by atoms with Crippen LogP contribution in [0.25, 0.3) is 0 Å². The summed E-state index contributed by atoms with van der Waals surface area (Å²) in [5.74, 6) is -0.841. The van der Waals surface area contributed by atoms with E-state index >= 15 is 0 Å². The van der Waals surface area contributed by atoms with Crippen molar-refractivity contribution in [1.29, 1.82) is 0 Å². The maximum atomic E-state index is 11.3. The van der Waals surface area contributed by atoms with Crippen LogP contribution in [0.3, 0.4) is 0 Å². The lowest BCUT2D eigenvalue weighted by molar-refractivity contribution is -0.137. The molecule has 0 aromatic carbocycles. The van der Waals surface area contributed by atoms with E-state index in [9.17, 15) is 9.59 Å². The average Bonchev–Trinajstić information content (AvgIpc) is 2.79. The minimum absolute atomic E-state index is 0.0508. The molecular weight excluding hydrogens is 172 g/mol. The van der Waals surface area contributed by atoms with Gasteiger partial charge in [0.15, 0.2) is 0 Å². The summed E-state index contributed by atoms with van der Waals surface area (Å²) in [4.78, 5) is 23.4. The topological polar surface area (TPSA) is 69.6 Å². The first-order chi connectivity index (χ1) is 6.18. The van der Waals surface area contributed by atoms with Crippen molar-refractivity contribution in [3.63, 3.8) is 0 Å². The van der Waals surface area contributed by atoms with E-state index in [1.807, 2.05) is 0 Å². The summed E-state index contributed by atoms with van der Waals surface area (Å²) in [7, 11) is 0. The number of aliphatic carboxylic acids is 1. The number of carboxylic acids is 1. The Balaban J connectivity index is 2.01. The Morgan fingerprint density at radius 1 is 1.62 bits per heavy atom. The predicted molar refractivity (Wildman–Crippen MR) is 44.3 cm³/mol. The van der Waals surface area contributed by atoms with Crippen LogP contribution in [0.4, 0.5) is 4.79 Å². The third-order valence-electron chi connectivity index (χ3n) is 2.47. The number of nitrogens with one attached hydrogen (secondary N) is 1. The molecule has 2 rings (SSSR count). The number of carbonyl (C=O) groups is 2. The Bertz CT molecular complexity index is 250. The smallest absolute Gasteiger partial charge is 0.318 e. The first-order valence-corrected chi connectivity index (χ1v) is 4.46. The Kier molecular flexibility index (Phi) is 1.86. The number of hydrogen-bond acceptors (Lipinski definition) is 2. The number of hydrogen-bond donors (Lipinski definition) is 2. The van der Waals surface area contributed by atoms with E-state index in [2.05, 4.69) is 5.32 Å². The molecule has 5 heteroatoms.